The molecular weight excluding hydrogens is 929 g/mol. The molecule has 0 saturated carbocycles. The van der Waals surface area contributed by atoms with Crippen molar-refractivity contribution in [2.75, 3.05) is 0 Å². The zero-order chi connectivity index (χ0) is 50.6. The monoisotopic (exact) mass is 974 g/mol. The predicted molar refractivity (Wildman–Crippen MR) is 330 cm³/mol. The summed E-state index contributed by atoms with van der Waals surface area (Å²) < 4.78 is 6.10. The van der Waals surface area contributed by atoms with Gasteiger partial charge in [0.25, 0.3) is 0 Å². The number of furan rings is 1. The minimum absolute atomic E-state index is 0.925. The highest BCUT2D eigenvalue weighted by Gasteiger charge is 2.20. The Labute approximate surface area is 444 Å². The van der Waals surface area contributed by atoms with E-state index in [1.807, 2.05) is 12.1 Å². The van der Waals surface area contributed by atoms with Gasteiger partial charge in [-0.05, 0) is 178 Å². The number of fused-ring (bicyclic) bond motifs is 5. The van der Waals surface area contributed by atoms with Crippen molar-refractivity contribution in [1.29, 1.82) is 0 Å². The van der Waals surface area contributed by atoms with Crippen LogP contribution in [0.3, 0.4) is 0 Å². The van der Waals surface area contributed by atoms with E-state index in [2.05, 4.69) is 267 Å². The van der Waals surface area contributed by atoms with Gasteiger partial charge in [-0.25, -0.2) is 0 Å². The third kappa shape index (κ3) is 6.88. The number of benzene rings is 16. The van der Waals surface area contributed by atoms with Gasteiger partial charge in [0.1, 0.15) is 11.2 Å². The fourth-order valence-corrected chi connectivity index (χ4v) is 12.9. The van der Waals surface area contributed by atoms with E-state index in [9.17, 15) is 0 Å². The fourth-order valence-electron chi connectivity index (χ4n) is 12.9. The first-order chi connectivity index (χ1) is 38.2. The molecule has 0 aliphatic heterocycles. The lowest BCUT2D eigenvalue weighted by Gasteiger charge is -2.18. The predicted octanol–water partition coefficient (Wildman–Crippen LogP) is 21.7. The molecule has 1 aromatic heterocycles. The first-order valence-electron chi connectivity index (χ1n) is 26.6. The molecule has 0 fully saturated rings. The molecular formula is C76H46O. The SMILES string of the molecule is c1ccc(-c2c3ccccc3c(-c3ccc4oc5ccccc5c4c3)c3ccccc23)cc1.c1ccc(-c2cc(-c3ccc4ccc5cccc6ccc3c4c56)cc(-c3ccc4ccc5cccc6ccc3c4c56)c2)cc1. The van der Waals surface area contributed by atoms with Crippen LogP contribution in [-0.4, -0.2) is 0 Å². The van der Waals surface area contributed by atoms with Crippen LogP contribution in [0.1, 0.15) is 0 Å². The van der Waals surface area contributed by atoms with Gasteiger partial charge in [-0.1, -0.05) is 243 Å². The van der Waals surface area contributed by atoms with Gasteiger partial charge in [-0.2, -0.15) is 0 Å². The van der Waals surface area contributed by atoms with E-state index in [1.165, 1.54) is 142 Å². The largest absolute Gasteiger partial charge is 0.456 e. The van der Waals surface area contributed by atoms with Gasteiger partial charge in [-0.3, -0.25) is 0 Å². The number of hydrogen-bond acceptors (Lipinski definition) is 1. The summed E-state index contributed by atoms with van der Waals surface area (Å²) in [6.07, 6.45) is 0. The lowest BCUT2D eigenvalue weighted by molar-refractivity contribution is 0.669. The molecule has 0 saturated heterocycles. The molecule has 1 nitrogen and oxygen atoms in total. The second-order valence-corrected chi connectivity index (χ2v) is 20.6. The molecule has 0 bridgehead atoms. The van der Waals surface area contributed by atoms with E-state index in [-0.39, 0.29) is 0 Å². The molecule has 0 spiro atoms. The van der Waals surface area contributed by atoms with Crippen LogP contribution < -0.4 is 0 Å². The zero-order valence-corrected chi connectivity index (χ0v) is 42.0. The van der Waals surface area contributed by atoms with Gasteiger partial charge in [-0.15, -0.1) is 0 Å². The van der Waals surface area contributed by atoms with Gasteiger partial charge in [0.2, 0.25) is 0 Å². The van der Waals surface area contributed by atoms with Crippen LogP contribution in [0.2, 0.25) is 0 Å². The Hall–Kier alpha value is -10.1. The van der Waals surface area contributed by atoms with Crippen LogP contribution in [0.15, 0.2) is 283 Å². The average Bonchev–Trinajstić information content (AvgIpc) is 3.91. The van der Waals surface area contributed by atoms with Crippen LogP contribution in [0, 0.1) is 0 Å². The highest BCUT2D eigenvalue weighted by molar-refractivity contribution is 6.28. The van der Waals surface area contributed by atoms with Crippen molar-refractivity contribution in [2.45, 2.75) is 0 Å². The second-order valence-electron chi connectivity index (χ2n) is 20.6. The summed E-state index contributed by atoms with van der Waals surface area (Å²) in [5.74, 6) is 0. The van der Waals surface area contributed by atoms with Gasteiger partial charge < -0.3 is 4.42 Å². The third-order valence-electron chi connectivity index (χ3n) is 16.4. The van der Waals surface area contributed by atoms with Crippen LogP contribution in [0.4, 0.5) is 0 Å². The van der Waals surface area contributed by atoms with Crippen molar-refractivity contribution < 1.29 is 4.42 Å². The van der Waals surface area contributed by atoms with Crippen molar-refractivity contribution in [3.05, 3.63) is 279 Å². The summed E-state index contributed by atoms with van der Waals surface area (Å²) in [5, 5.41) is 23.2. The maximum atomic E-state index is 6.10. The van der Waals surface area contributed by atoms with Gasteiger partial charge >= 0.3 is 0 Å². The Kier molecular flexibility index (Phi) is 9.71. The van der Waals surface area contributed by atoms with Crippen LogP contribution in [0.5, 0.6) is 0 Å². The van der Waals surface area contributed by atoms with Gasteiger partial charge in [0.15, 0.2) is 0 Å². The molecule has 0 aliphatic carbocycles. The summed E-state index contributed by atoms with van der Waals surface area (Å²) in [4.78, 5) is 0. The normalized spacial score (nSPS) is 11.9. The van der Waals surface area contributed by atoms with Crippen LogP contribution in [0.25, 0.3) is 164 Å². The molecule has 17 rings (SSSR count). The molecule has 1 heterocycles. The Morgan fingerprint density at radius 3 is 1.09 bits per heavy atom. The lowest BCUT2D eigenvalue weighted by atomic mass is 9.86. The van der Waals surface area contributed by atoms with E-state index in [1.54, 1.807) is 0 Å². The fraction of sp³-hybridized carbons (Fsp3) is 0. The van der Waals surface area contributed by atoms with E-state index >= 15 is 0 Å². The lowest BCUT2D eigenvalue weighted by Crippen LogP contribution is -1.91. The van der Waals surface area contributed by atoms with Gasteiger partial charge in [0.05, 0.1) is 0 Å². The molecule has 356 valence electrons. The van der Waals surface area contributed by atoms with Crippen molar-refractivity contribution in [3.63, 3.8) is 0 Å². The van der Waals surface area contributed by atoms with Crippen LogP contribution in [-0.2, 0) is 0 Å². The molecule has 0 aliphatic rings. The Morgan fingerprint density at radius 1 is 0.182 bits per heavy atom. The molecule has 0 amide bonds. The first-order valence-corrected chi connectivity index (χ1v) is 26.6. The number of hydrogen-bond donors (Lipinski definition) is 0. The highest BCUT2D eigenvalue weighted by atomic mass is 16.3. The molecule has 1 heteroatoms. The molecule has 0 atom stereocenters. The molecule has 77 heavy (non-hydrogen) atoms. The van der Waals surface area contributed by atoms with E-state index < -0.39 is 0 Å². The number of rotatable bonds is 5. The highest BCUT2D eigenvalue weighted by Crippen LogP contribution is 2.47. The number of para-hydroxylation sites is 1. The van der Waals surface area contributed by atoms with Gasteiger partial charge in [0, 0.05) is 10.8 Å². The molecule has 0 unspecified atom stereocenters. The van der Waals surface area contributed by atoms with Crippen molar-refractivity contribution >= 4 is 108 Å². The topological polar surface area (TPSA) is 13.1 Å². The summed E-state index contributed by atoms with van der Waals surface area (Å²) >= 11 is 0. The summed E-state index contributed by atoms with van der Waals surface area (Å²) in [5.41, 5.74) is 14.4. The third-order valence-corrected chi connectivity index (χ3v) is 16.4. The molecule has 0 N–H and O–H groups in total. The van der Waals surface area contributed by atoms with Crippen LogP contribution >= 0.6 is 0 Å². The second kappa shape index (κ2) is 17.2. The Bertz CT molecular complexity index is 4890. The van der Waals surface area contributed by atoms with E-state index in [0.717, 1.165) is 21.9 Å². The summed E-state index contributed by atoms with van der Waals surface area (Å²) in [7, 11) is 0. The summed E-state index contributed by atoms with van der Waals surface area (Å²) in [6, 6.07) is 102. The molecule has 16 aromatic carbocycles. The Morgan fingerprint density at radius 2 is 0.571 bits per heavy atom. The minimum Gasteiger partial charge on any atom is -0.456 e. The summed E-state index contributed by atoms with van der Waals surface area (Å²) in [6.45, 7) is 0. The molecule has 17 aromatic rings. The minimum atomic E-state index is 0.925. The molecule has 0 radical (unpaired) electrons. The standard InChI is InChI=1S/C44H26.C32H20O/c1-2-6-27(7-3-1)34-24-35(37-20-16-32-14-12-28-8-4-10-30-18-22-39(37)43(32)41(28)30)26-36(25-34)38-21-17-33-15-13-29-9-5-11-31-19-23-40(38)44(33)42(29)31;1-2-10-21(11-3-1)31-24-13-4-6-15-26(24)32(27-16-7-5-14-25(27)31)22-18-19-30-28(20-22)23-12-8-9-17-29(23)33-30/h1-26H;1-20H. The van der Waals surface area contributed by atoms with E-state index in [4.69, 9.17) is 4.42 Å². The van der Waals surface area contributed by atoms with Crippen molar-refractivity contribution in [3.8, 4) is 55.6 Å². The zero-order valence-electron chi connectivity index (χ0n) is 42.0. The average molecular weight is 975 g/mol. The maximum Gasteiger partial charge on any atom is 0.135 e. The van der Waals surface area contributed by atoms with E-state index in [0.29, 0.717) is 0 Å². The maximum absolute atomic E-state index is 6.10. The van der Waals surface area contributed by atoms with Crippen molar-refractivity contribution in [1.82, 2.24) is 0 Å². The first kappa shape index (κ1) is 43.3. The van der Waals surface area contributed by atoms with Crippen molar-refractivity contribution in [2.24, 2.45) is 0 Å². The quantitative estimate of drug-likeness (QED) is 0.124. The smallest absolute Gasteiger partial charge is 0.135 e. The Balaban J connectivity index is 0.000000135.